The lowest BCUT2D eigenvalue weighted by Gasteiger charge is -2.17. The first-order chi connectivity index (χ1) is 9.63. The molecule has 3 rings (SSSR count). The Morgan fingerprint density at radius 3 is 2.24 bits per heavy atom. The molecule has 2 atom stereocenters. The fourth-order valence-corrected chi connectivity index (χ4v) is 3.10. The van der Waals surface area contributed by atoms with Crippen molar-refractivity contribution in [2.45, 2.75) is 6.92 Å². The Kier molecular flexibility index (Phi) is 4.85. The lowest BCUT2D eigenvalue weighted by Crippen LogP contribution is -2.31. The molecule has 0 unspecified atom stereocenters. The standard InChI is InChI=1S/C15H19N3O2.ClH/c1-10(19)17-14-4-2-11(3-5-14)15(20)18-8-12-6-16-7-13(12)9-18;/h2-5,12-13,16H,6-9H2,1H3,(H,17,19);1H/t12-,13+;. The molecule has 1 aromatic rings. The monoisotopic (exact) mass is 309 g/mol. The lowest BCUT2D eigenvalue weighted by molar-refractivity contribution is -0.114. The molecule has 0 bridgehead atoms. The van der Waals surface area contributed by atoms with Gasteiger partial charge in [0.25, 0.3) is 5.91 Å². The summed E-state index contributed by atoms with van der Waals surface area (Å²) in [6.45, 7) is 5.22. The number of carbonyl (C=O) groups excluding carboxylic acids is 2. The second kappa shape index (κ2) is 6.45. The number of rotatable bonds is 2. The van der Waals surface area contributed by atoms with Crippen molar-refractivity contribution in [1.29, 1.82) is 0 Å². The van der Waals surface area contributed by atoms with Crippen molar-refractivity contribution >= 4 is 29.9 Å². The number of halogens is 1. The van der Waals surface area contributed by atoms with Gasteiger partial charge in [0.2, 0.25) is 5.91 Å². The van der Waals surface area contributed by atoms with Crippen molar-refractivity contribution < 1.29 is 9.59 Å². The Morgan fingerprint density at radius 2 is 1.71 bits per heavy atom. The van der Waals surface area contributed by atoms with Gasteiger partial charge in [-0.05, 0) is 36.1 Å². The van der Waals surface area contributed by atoms with Crippen molar-refractivity contribution in [3.63, 3.8) is 0 Å². The van der Waals surface area contributed by atoms with Crippen molar-refractivity contribution in [1.82, 2.24) is 10.2 Å². The molecule has 5 nitrogen and oxygen atoms in total. The summed E-state index contributed by atoms with van der Waals surface area (Å²) in [6, 6.07) is 7.10. The van der Waals surface area contributed by atoms with Crippen LogP contribution in [0.5, 0.6) is 0 Å². The molecule has 2 saturated heterocycles. The largest absolute Gasteiger partial charge is 0.338 e. The van der Waals surface area contributed by atoms with Crippen LogP contribution in [0.3, 0.4) is 0 Å². The highest BCUT2D eigenvalue weighted by Gasteiger charge is 2.38. The highest BCUT2D eigenvalue weighted by Crippen LogP contribution is 2.27. The summed E-state index contributed by atoms with van der Waals surface area (Å²) >= 11 is 0. The smallest absolute Gasteiger partial charge is 0.253 e. The van der Waals surface area contributed by atoms with E-state index in [1.807, 2.05) is 4.90 Å². The molecule has 1 aromatic carbocycles. The minimum absolute atomic E-state index is 0. The number of amides is 2. The molecule has 0 aliphatic carbocycles. The average molecular weight is 310 g/mol. The van der Waals surface area contributed by atoms with E-state index in [2.05, 4.69) is 10.6 Å². The Morgan fingerprint density at radius 1 is 1.14 bits per heavy atom. The number of likely N-dealkylation sites (tertiary alicyclic amines) is 1. The van der Waals surface area contributed by atoms with Gasteiger partial charge in [0.15, 0.2) is 0 Å². The van der Waals surface area contributed by atoms with Crippen LogP contribution in [-0.2, 0) is 4.79 Å². The molecule has 2 amide bonds. The van der Waals surface area contributed by atoms with Gasteiger partial charge in [-0.15, -0.1) is 12.4 Å². The van der Waals surface area contributed by atoms with Crippen molar-refractivity contribution in [3.05, 3.63) is 29.8 Å². The molecule has 0 spiro atoms. The van der Waals surface area contributed by atoms with Crippen LogP contribution in [0.25, 0.3) is 0 Å². The summed E-state index contributed by atoms with van der Waals surface area (Å²) in [5.41, 5.74) is 1.41. The second-order valence-corrected chi connectivity index (χ2v) is 5.65. The first-order valence-electron chi connectivity index (χ1n) is 7.01. The van der Waals surface area contributed by atoms with E-state index in [0.29, 0.717) is 17.4 Å². The summed E-state index contributed by atoms with van der Waals surface area (Å²) in [6.07, 6.45) is 0. The normalized spacial score (nSPS) is 23.4. The molecule has 21 heavy (non-hydrogen) atoms. The van der Waals surface area contributed by atoms with Crippen molar-refractivity contribution in [2.75, 3.05) is 31.5 Å². The van der Waals surface area contributed by atoms with Crippen LogP contribution < -0.4 is 10.6 Å². The van der Waals surface area contributed by atoms with Crippen LogP contribution in [0.15, 0.2) is 24.3 Å². The molecule has 0 radical (unpaired) electrons. The number of benzene rings is 1. The molecule has 2 N–H and O–H groups in total. The van der Waals surface area contributed by atoms with Gasteiger partial charge in [-0.25, -0.2) is 0 Å². The molecule has 2 aliphatic rings. The lowest BCUT2D eigenvalue weighted by atomic mass is 10.0. The van der Waals surface area contributed by atoms with E-state index in [-0.39, 0.29) is 24.2 Å². The van der Waals surface area contributed by atoms with E-state index in [0.717, 1.165) is 31.9 Å². The topological polar surface area (TPSA) is 61.4 Å². The van der Waals surface area contributed by atoms with Gasteiger partial charge in [0, 0.05) is 44.4 Å². The number of anilines is 1. The Labute approximate surface area is 130 Å². The molecule has 2 heterocycles. The third-order valence-electron chi connectivity index (χ3n) is 4.13. The molecule has 0 aromatic heterocycles. The van der Waals surface area contributed by atoms with Gasteiger partial charge in [0.1, 0.15) is 0 Å². The van der Waals surface area contributed by atoms with Crippen LogP contribution in [0.1, 0.15) is 17.3 Å². The van der Waals surface area contributed by atoms with Gasteiger partial charge in [-0.2, -0.15) is 0 Å². The highest BCUT2D eigenvalue weighted by molar-refractivity contribution is 5.95. The van der Waals surface area contributed by atoms with Crippen molar-refractivity contribution in [2.24, 2.45) is 11.8 Å². The number of fused-ring (bicyclic) bond motifs is 1. The van der Waals surface area contributed by atoms with Gasteiger partial charge >= 0.3 is 0 Å². The second-order valence-electron chi connectivity index (χ2n) is 5.65. The zero-order valence-corrected chi connectivity index (χ0v) is 12.8. The Balaban J connectivity index is 0.00000161. The summed E-state index contributed by atoms with van der Waals surface area (Å²) in [7, 11) is 0. The third kappa shape index (κ3) is 3.36. The van der Waals surface area contributed by atoms with Gasteiger partial charge in [-0.3, -0.25) is 9.59 Å². The van der Waals surface area contributed by atoms with Gasteiger partial charge in [-0.1, -0.05) is 0 Å². The molecule has 114 valence electrons. The van der Waals surface area contributed by atoms with Crippen LogP contribution in [0, 0.1) is 11.8 Å². The van der Waals surface area contributed by atoms with E-state index in [1.54, 1.807) is 24.3 Å². The van der Waals surface area contributed by atoms with Crippen molar-refractivity contribution in [3.8, 4) is 0 Å². The van der Waals surface area contributed by atoms with E-state index in [4.69, 9.17) is 0 Å². The summed E-state index contributed by atoms with van der Waals surface area (Å²) in [5, 5.41) is 6.07. The minimum Gasteiger partial charge on any atom is -0.338 e. The highest BCUT2D eigenvalue weighted by atomic mass is 35.5. The first-order valence-corrected chi connectivity index (χ1v) is 7.01. The maximum Gasteiger partial charge on any atom is 0.253 e. The van der Waals surface area contributed by atoms with Crippen LogP contribution >= 0.6 is 12.4 Å². The van der Waals surface area contributed by atoms with Crippen LogP contribution in [0.4, 0.5) is 5.69 Å². The van der Waals surface area contributed by atoms with E-state index in [9.17, 15) is 9.59 Å². The SMILES string of the molecule is CC(=O)Nc1ccc(C(=O)N2C[C@H]3CNC[C@H]3C2)cc1.Cl. The zero-order valence-electron chi connectivity index (χ0n) is 12.0. The number of carbonyl (C=O) groups is 2. The third-order valence-corrected chi connectivity index (χ3v) is 4.13. The molecule has 6 heteroatoms. The maximum atomic E-state index is 12.4. The Bertz CT molecular complexity index is 520. The van der Waals surface area contributed by atoms with Gasteiger partial charge in [0.05, 0.1) is 0 Å². The predicted molar refractivity (Wildman–Crippen MR) is 83.7 cm³/mol. The predicted octanol–water partition coefficient (Wildman–Crippen LogP) is 1.36. The summed E-state index contributed by atoms with van der Waals surface area (Å²) < 4.78 is 0. The minimum atomic E-state index is -0.107. The molecule has 0 saturated carbocycles. The first kappa shape index (κ1) is 15.8. The summed E-state index contributed by atoms with van der Waals surface area (Å²) in [4.78, 5) is 25.3. The van der Waals surface area contributed by atoms with E-state index >= 15 is 0 Å². The number of hydrogen-bond acceptors (Lipinski definition) is 3. The van der Waals surface area contributed by atoms with Crippen LogP contribution in [-0.4, -0.2) is 42.9 Å². The van der Waals surface area contributed by atoms with Crippen LogP contribution in [0.2, 0.25) is 0 Å². The number of nitrogens with one attached hydrogen (secondary N) is 2. The molecular weight excluding hydrogens is 290 g/mol. The maximum absolute atomic E-state index is 12.4. The molecule has 2 aliphatic heterocycles. The Hall–Kier alpha value is -1.59. The fourth-order valence-electron chi connectivity index (χ4n) is 3.10. The fraction of sp³-hybridized carbons (Fsp3) is 0.467. The quantitative estimate of drug-likeness (QED) is 0.867. The summed E-state index contributed by atoms with van der Waals surface area (Å²) in [5.74, 6) is 1.20. The average Bonchev–Trinajstić information content (AvgIpc) is 2.98. The van der Waals surface area contributed by atoms with E-state index < -0.39 is 0 Å². The molecule has 2 fully saturated rings. The molecular formula is C15H20ClN3O2. The zero-order chi connectivity index (χ0) is 14.1. The van der Waals surface area contributed by atoms with E-state index in [1.165, 1.54) is 6.92 Å². The van der Waals surface area contributed by atoms with Gasteiger partial charge < -0.3 is 15.5 Å². The number of hydrogen-bond donors (Lipinski definition) is 2. The number of nitrogens with zero attached hydrogens (tertiary/aromatic N) is 1.